The molecule has 0 saturated heterocycles. The highest BCUT2D eigenvalue weighted by molar-refractivity contribution is 5.72. The minimum Gasteiger partial charge on any atom is -0.469 e. The topological polar surface area (TPSA) is 58.9 Å². The maximum atomic E-state index is 11.6. The van der Waals surface area contributed by atoms with Gasteiger partial charge in [0.1, 0.15) is 0 Å². The highest BCUT2D eigenvalue weighted by atomic mass is 16.5. The number of aliphatic hydroxyl groups is 1. The molecule has 130 valence electrons. The zero-order valence-electron chi connectivity index (χ0n) is 14.4. The van der Waals surface area contributed by atoms with Gasteiger partial charge in [-0.05, 0) is 68.4 Å². The van der Waals surface area contributed by atoms with E-state index in [2.05, 4.69) is 17.8 Å². The fourth-order valence-corrected chi connectivity index (χ4v) is 3.50. The van der Waals surface area contributed by atoms with Gasteiger partial charge in [0.2, 0.25) is 0 Å². The predicted octanol–water partition coefficient (Wildman–Crippen LogP) is 3.63. The van der Waals surface area contributed by atoms with Crippen LogP contribution in [0.5, 0.6) is 0 Å². The van der Waals surface area contributed by atoms with Crippen LogP contribution in [0.3, 0.4) is 0 Å². The summed E-state index contributed by atoms with van der Waals surface area (Å²) in [5.74, 6) is 0.179. The van der Waals surface area contributed by atoms with Crippen LogP contribution in [0, 0.1) is 11.8 Å². The molecule has 1 aromatic carbocycles. The van der Waals surface area contributed by atoms with Crippen molar-refractivity contribution < 1.29 is 14.6 Å². The summed E-state index contributed by atoms with van der Waals surface area (Å²) in [6.07, 6.45) is 8.29. The lowest BCUT2D eigenvalue weighted by Gasteiger charge is -2.30. The molecule has 1 saturated carbocycles. The van der Waals surface area contributed by atoms with Gasteiger partial charge in [0.15, 0.2) is 0 Å². The van der Waals surface area contributed by atoms with E-state index < -0.39 is 0 Å². The second-order valence-corrected chi connectivity index (χ2v) is 6.44. The third kappa shape index (κ3) is 5.03. The second-order valence-electron chi connectivity index (χ2n) is 6.44. The van der Waals surface area contributed by atoms with E-state index in [1.54, 1.807) is 6.20 Å². The van der Waals surface area contributed by atoms with Crippen LogP contribution in [0.25, 0.3) is 6.08 Å². The molecule has 1 fully saturated rings. The highest BCUT2D eigenvalue weighted by Crippen LogP contribution is 2.33. The molecular formula is C20H27NO3. The zero-order chi connectivity index (χ0) is 17.4. The van der Waals surface area contributed by atoms with Crippen molar-refractivity contribution in [2.45, 2.75) is 44.6 Å². The van der Waals surface area contributed by atoms with Crippen molar-refractivity contribution in [1.82, 2.24) is 0 Å². The van der Waals surface area contributed by atoms with E-state index in [-0.39, 0.29) is 23.9 Å². The van der Waals surface area contributed by atoms with Crippen molar-refractivity contribution in [3.05, 3.63) is 41.6 Å². The Labute approximate surface area is 144 Å². The summed E-state index contributed by atoms with van der Waals surface area (Å²) in [5, 5.41) is 10.5. The van der Waals surface area contributed by atoms with Gasteiger partial charge in [0.25, 0.3) is 0 Å². The summed E-state index contributed by atoms with van der Waals surface area (Å²) in [7, 11) is 1.44. The van der Waals surface area contributed by atoms with Gasteiger partial charge in [0.05, 0.1) is 19.1 Å². The second kappa shape index (κ2) is 9.38. The first kappa shape index (κ1) is 18.4. The van der Waals surface area contributed by atoms with E-state index in [1.165, 1.54) is 12.7 Å². The minimum atomic E-state index is -0.321. The van der Waals surface area contributed by atoms with Crippen LogP contribution in [-0.2, 0) is 16.0 Å². The van der Waals surface area contributed by atoms with Crippen molar-refractivity contribution in [3.8, 4) is 0 Å². The number of hydrogen-bond acceptors (Lipinski definition) is 4. The number of aliphatic imine (C=N–C) groups is 1. The number of carbonyl (C=O) groups is 1. The van der Waals surface area contributed by atoms with Gasteiger partial charge >= 0.3 is 5.97 Å². The van der Waals surface area contributed by atoms with E-state index in [1.807, 2.05) is 24.3 Å². The van der Waals surface area contributed by atoms with Crippen LogP contribution in [0.4, 0.5) is 0 Å². The zero-order valence-corrected chi connectivity index (χ0v) is 14.4. The molecule has 1 atom stereocenters. The molecule has 24 heavy (non-hydrogen) atoms. The molecule has 0 amide bonds. The van der Waals surface area contributed by atoms with Gasteiger partial charge in [-0.2, -0.15) is 0 Å². The first-order valence-electron chi connectivity index (χ1n) is 8.62. The summed E-state index contributed by atoms with van der Waals surface area (Å²) in [5.41, 5.74) is 2.33. The maximum Gasteiger partial charge on any atom is 0.308 e. The first-order valence-corrected chi connectivity index (χ1v) is 8.62. The molecule has 0 aromatic heterocycles. The lowest BCUT2D eigenvalue weighted by atomic mass is 9.78. The predicted molar refractivity (Wildman–Crippen MR) is 96.8 cm³/mol. The smallest absolute Gasteiger partial charge is 0.308 e. The number of hydrogen-bond donors (Lipinski definition) is 1. The van der Waals surface area contributed by atoms with Crippen LogP contribution in [-0.4, -0.2) is 31.0 Å². The number of ether oxygens (including phenoxy) is 1. The quantitative estimate of drug-likeness (QED) is 0.614. The molecule has 0 spiro atoms. The molecule has 1 unspecified atom stereocenters. The van der Waals surface area contributed by atoms with E-state index in [0.717, 1.165) is 44.1 Å². The summed E-state index contributed by atoms with van der Waals surface area (Å²) < 4.78 is 4.82. The summed E-state index contributed by atoms with van der Waals surface area (Å²) >= 11 is 0. The Morgan fingerprint density at radius 1 is 1.38 bits per heavy atom. The molecule has 1 aromatic rings. The lowest BCUT2D eigenvalue weighted by molar-refractivity contribution is -0.147. The Kier molecular flexibility index (Phi) is 7.19. The monoisotopic (exact) mass is 329 g/mol. The Bertz CT molecular complexity index is 574. The molecule has 1 aliphatic carbocycles. The van der Waals surface area contributed by atoms with E-state index in [0.29, 0.717) is 0 Å². The fraction of sp³-hybridized carbons (Fsp3) is 0.500. The van der Waals surface area contributed by atoms with Gasteiger partial charge < -0.3 is 9.84 Å². The van der Waals surface area contributed by atoms with Gasteiger partial charge in [-0.25, -0.2) is 0 Å². The Hall–Kier alpha value is -1.94. The summed E-state index contributed by atoms with van der Waals surface area (Å²) in [6.45, 7) is 3.46. The number of methoxy groups -OCH3 is 1. The Morgan fingerprint density at radius 3 is 2.75 bits per heavy atom. The maximum absolute atomic E-state index is 11.6. The molecule has 0 bridgehead atoms. The van der Waals surface area contributed by atoms with E-state index >= 15 is 0 Å². The Morgan fingerprint density at radius 2 is 2.08 bits per heavy atom. The van der Waals surface area contributed by atoms with Crippen molar-refractivity contribution >= 4 is 18.8 Å². The third-order valence-corrected chi connectivity index (χ3v) is 4.97. The van der Waals surface area contributed by atoms with E-state index in [4.69, 9.17) is 4.74 Å². The van der Waals surface area contributed by atoms with Crippen LogP contribution in [0.15, 0.2) is 35.5 Å². The number of carbonyl (C=O) groups excluding carboxylic acids is 1. The largest absolute Gasteiger partial charge is 0.469 e. The molecule has 1 N–H and O–H groups in total. The number of benzene rings is 1. The SMILES string of the molecule is C=N/C=C/c1ccccc1CCC(O)C1CCC(C(=O)OC)CC1. The third-order valence-electron chi connectivity index (χ3n) is 4.97. The molecule has 2 rings (SSSR count). The van der Waals surface area contributed by atoms with Crippen molar-refractivity contribution in [3.63, 3.8) is 0 Å². The average molecular weight is 329 g/mol. The number of esters is 1. The average Bonchev–Trinajstić information content (AvgIpc) is 2.64. The standard InChI is InChI=1S/C20H27NO3/c1-21-14-13-16-6-4-3-5-15(16)11-12-19(22)17-7-9-18(10-8-17)20(23)24-2/h3-6,13-14,17-19,22H,1,7-12H2,2H3/b14-13+. The number of aryl methyl sites for hydroxylation is 1. The molecule has 4 nitrogen and oxygen atoms in total. The number of nitrogens with zero attached hydrogens (tertiary/aromatic N) is 1. The van der Waals surface area contributed by atoms with Gasteiger partial charge in [-0.1, -0.05) is 24.3 Å². The molecule has 0 radical (unpaired) electrons. The van der Waals surface area contributed by atoms with Crippen LogP contribution in [0.1, 0.15) is 43.2 Å². The van der Waals surface area contributed by atoms with Crippen molar-refractivity contribution in [1.29, 1.82) is 0 Å². The van der Waals surface area contributed by atoms with Gasteiger partial charge in [-0.15, -0.1) is 0 Å². The van der Waals surface area contributed by atoms with Crippen LogP contribution in [0.2, 0.25) is 0 Å². The lowest BCUT2D eigenvalue weighted by Crippen LogP contribution is -2.29. The van der Waals surface area contributed by atoms with Gasteiger partial charge in [-0.3, -0.25) is 9.79 Å². The molecule has 0 aliphatic heterocycles. The first-order chi connectivity index (χ1) is 11.7. The minimum absolute atomic E-state index is 0.00992. The highest BCUT2D eigenvalue weighted by Gasteiger charge is 2.30. The summed E-state index contributed by atoms with van der Waals surface area (Å²) in [6, 6.07) is 8.15. The normalized spacial score (nSPS) is 22.2. The number of aliphatic hydroxyl groups excluding tert-OH is 1. The fourth-order valence-electron chi connectivity index (χ4n) is 3.50. The van der Waals surface area contributed by atoms with Crippen molar-refractivity contribution in [2.24, 2.45) is 16.8 Å². The molecular weight excluding hydrogens is 302 g/mol. The van der Waals surface area contributed by atoms with E-state index in [9.17, 15) is 9.90 Å². The molecule has 4 heteroatoms. The molecule has 0 heterocycles. The Balaban J connectivity index is 1.86. The summed E-state index contributed by atoms with van der Waals surface area (Å²) in [4.78, 5) is 15.3. The number of rotatable bonds is 7. The van der Waals surface area contributed by atoms with Crippen LogP contribution < -0.4 is 0 Å². The van der Waals surface area contributed by atoms with Crippen LogP contribution >= 0.6 is 0 Å². The molecule has 1 aliphatic rings. The van der Waals surface area contributed by atoms with Crippen molar-refractivity contribution in [2.75, 3.05) is 7.11 Å². The van der Waals surface area contributed by atoms with Gasteiger partial charge in [0, 0.05) is 6.20 Å².